The highest BCUT2D eigenvalue weighted by Gasteiger charge is 2.37. The van der Waals surface area contributed by atoms with Crippen LogP contribution in [0.4, 0.5) is 17.3 Å². The summed E-state index contributed by atoms with van der Waals surface area (Å²) >= 11 is 0. The zero-order valence-corrected chi connectivity index (χ0v) is 12.0. The fraction of sp³-hybridized carbons (Fsp3) is 0.692. The van der Waals surface area contributed by atoms with Gasteiger partial charge in [-0.1, -0.05) is 6.92 Å². The summed E-state index contributed by atoms with van der Waals surface area (Å²) in [6, 6.07) is 0. The average molecular weight is 293 g/mol. The summed E-state index contributed by atoms with van der Waals surface area (Å²) in [6.45, 7) is 3.95. The lowest BCUT2D eigenvalue weighted by atomic mass is 10.2. The third-order valence-corrected chi connectivity index (χ3v) is 3.87. The fourth-order valence-electron chi connectivity index (χ4n) is 2.93. The number of ether oxygens (including phenoxy) is 1. The first-order chi connectivity index (χ1) is 10.2. The summed E-state index contributed by atoms with van der Waals surface area (Å²) in [5.41, 5.74) is -0.0350. The Morgan fingerprint density at radius 2 is 2.14 bits per heavy atom. The molecule has 1 aromatic heterocycles. The van der Waals surface area contributed by atoms with Gasteiger partial charge >= 0.3 is 5.69 Å². The normalized spacial score (nSPS) is 24.1. The van der Waals surface area contributed by atoms with Crippen LogP contribution >= 0.6 is 0 Å². The van der Waals surface area contributed by atoms with Crippen LogP contribution in [0.2, 0.25) is 0 Å². The summed E-state index contributed by atoms with van der Waals surface area (Å²) in [4.78, 5) is 21.2. The van der Waals surface area contributed by atoms with Crippen molar-refractivity contribution in [3.05, 3.63) is 16.4 Å². The quantitative estimate of drug-likeness (QED) is 0.650. The third kappa shape index (κ3) is 2.76. The molecule has 2 unspecified atom stereocenters. The molecule has 2 fully saturated rings. The maximum atomic E-state index is 11.5. The van der Waals surface area contributed by atoms with Crippen molar-refractivity contribution in [3.8, 4) is 0 Å². The number of nitrogens with one attached hydrogen (secondary N) is 1. The summed E-state index contributed by atoms with van der Waals surface area (Å²) in [6.07, 6.45) is 4.61. The van der Waals surface area contributed by atoms with Crippen molar-refractivity contribution in [2.75, 3.05) is 29.9 Å². The lowest BCUT2D eigenvalue weighted by Gasteiger charge is -2.32. The van der Waals surface area contributed by atoms with Crippen LogP contribution < -0.4 is 10.2 Å². The highest BCUT2D eigenvalue weighted by molar-refractivity contribution is 5.70. The van der Waals surface area contributed by atoms with Crippen LogP contribution in [-0.2, 0) is 4.74 Å². The van der Waals surface area contributed by atoms with Crippen molar-refractivity contribution < 1.29 is 9.66 Å². The van der Waals surface area contributed by atoms with Crippen LogP contribution in [0.15, 0.2) is 6.33 Å². The predicted octanol–water partition coefficient (Wildman–Crippen LogP) is 1.57. The van der Waals surface area contributed by atoms with Gasteiger partial charge in [0.1, 0.15) is 6.33 Å². The minimum Gasteiger partial charge on any atom is -0.371 e. The first-order valence-electron chi connectivity index (χ1n) is 7.32. The second-order valence-electron chi connectivity index (χ2n) is 5.44. The minimum atomic E-state index is -0.398. The molecule has 2 saturated heterocycles. The topological polar surface area (TPSA) is 93.4 Å². The van der Waals surface area contributed by atoms with E-state index in [1.807, 2.05) is 11.8 Å². The average Bonchev–Trinajstić information content (AvgIpc) is 2.82. The summed E-state index contributed by atoms with van der Waals surface area (Å²) in [7, 11) is 0. The van der Waals surface area contributed by atoms with Crippen LogP contribution in [0, 0.1) is 10.1 Å². The summed E-state index contributed by atoms with van der Waals surface area (Å²) < 4.78 is 5.77. The Bertz CT molecular complexity index is 527. The van der Waals surface area contributed by atoms with Gasteiger partial charge in [-0.15, -0.1) is 0 Å². The molecule has 0 amide bonds. The molecule has 2 aliphatic heterocycles. The van der Waals surface area contributed by atoms with Gasteiger partial charge in [0.15, 0.2) is 0 Å². The van der Waals surface area contributed by atoms with E-state index in [1.54, 1.807) is 0 Å². The van der Waals surface area contributed by atoms with Crippen molar-refractivity contribution in [1.29, 1.82) is 0 Å². The molecule has 2 atom stereocenters. The lowest BCUT2D eigenvalue weighted by Crippen LogP contribution is -2.43. The molecule has 0 saturated carbocycles. The largest absolute Gasteiger partial charge is 0.371 e. The minimum absolute atomic E-state index is 0.0350. The Morgan fingerprint density at radius 1 is 1.43 bits per heavy atom. The van der Waals surface area contributed by atoms with Gasteiger partial charge < -0.3 is 15.0 Å². The Labute approximate surface area is 122 Å². The van der Waals surface area contributed by atoms with E-state index >= 15 is 0 Å². The molecule has 8 nitrogen and oxygen atoms in total. The van der Waals surface area contributed by atoms with E-state index in [0.717, 1.165) is 19.3 Å². The number of nitrogens with zero attached hydrogens (tertiary/aromatic N) is 4. The first kappa shape index (κ1) is 14.0. The van der Waals surface area contributed by atoms with Crippen molar-refractivity contribution in [2.45, 2.75) is 38.4 Å². The van der Waals surface area contributed by atoms with E-state index in [9.17, 15) is 10.1 Å². The van der Waals surface area contributed by atoms with Crippen molar-refractivity contribution >= 4 is 17.3 Å². The molecule has 0 spiro atoms. The van der Waals surface area contributed by atoms with E-state index in [4.69, 9.17) is 4.74 Å². The molecule has 3 heterocycles. The molecule has 2 aliphatic rings. The molecule has 1 aromatic rings. The van der Waals surface area contributed by atoms with Crippen LogP contribution in [0.1, 0.15) is 26.2 Å². The third-order valence-electron chi connectivity index (χ3n) is 3.87. The molecular formula is C13H19N5O3. The van der Waals surface area contributed by atoms with E-state index in [0.29, 0.717) is 31.3 Å². The van der Waals surface area contributed by atoms with Gasteiger partial charge in [-0.3, -0.25) is 10.1 Å². The Morgan fingerprint density at radius 3 is 2.76 bits per heavy atom. The zero-order chi connectivity index (χ0) is 14.8. The Hall–Kier alpha value is -1.96. The van der Waals surface area contributed by atoms with Gasteiger partial charge in [-0.25, -0.2) is 9.97 Å². The molecule has 1 N–H and O–H groups in total. The van der Waals surface area contributed by atoms with Gasteiger partial charge in [-0.05, 0) is 19.3 Å². The molecular weight excluding hydrogens is 274 g/mol. The van der Waals surface area contributed by atoms with Crippen molar-refractivity contribution in [1.82, 2.24) is 9.97 Å². The van der Waals surface area contributed by atoms with E-state index in [-0.39, 0.29) is 17.9 Å². The molecule has 0 aromatic carbocycles. The Kier molecular flexibility index (Phi) is 3.87. The maximum absolute atomic E-state index is 11.5. The number of anilines is 2. The van der Waals surface area contributed by atoms with Gasteiger partial charge in [0.05, 0.1) is 17.1 Å². The lowest BCUT2D eigenvalue weighted by molar-refractivity contribution is -0.383. The summed E-state index contributed by atoms with van der Waals surface area (Å²) in [5.74, 6) is 0.694. The first-order valence-corrected chi connectivity index (χ1v) is 7.32. The van der Waals surface area contributed by atoms with Crippen molar-refractivity contribution in [2.24, 2.45) is 0 Å². The maximum Gasteiger partial charge on any atom is 0.353 e. The van der Waals surface area contributed by atoms with E-state index < -0.39 is 4.92 Å². The predicted molar refractivity (Wildman–Crippen MR) is 77.6 cm³/mol. The van der Waals surface area contributed by atoms with Gasteiger partial charge in [0.25, 0.3) is 0 Å². The molecule has 0 radical (unpaired) electrons. The second kappa shape index (κ2) is 5.80. The highest BCUT2D eigenvalue weighted by Crippen LogP contribution is 2.36. The number of hydrogen-bond donors (Lipinski definition) is 1. The fourth-order valence-corrected chi connectivity index (χ4v) is 2.93. The number of nitro groups is 1. The van der Waals surface area contributed by atoms with Gasteiger partial charge in [0.2, 0.25) is 11.6 Å². The van der Waals surface area contributed by atoms with E-state index in [1.165, 1.54) is 6.33 Å². The number of aromatic nitrogens is 2. The number of fused-ring (bicyclic) bond motifs is 2. The number of morpholine rings is 1. The molecule has 3 rings (SSSR count). The van der Waals surface area contributed by atoms with Crippen molar-refractivity contribution in [3.63, 3.8) is 0 Å². The Balaban J connectivity index is 1.91. The monoisotopic (exact) mass is 293 g/mol. The number of hydrogen-bond acceptors (Lipinski definition) is 7. The molecule has 114 valence electrons. The van der Waals surface area contributed by atoms with Crippen LogP contribution in [0.25, 0.3) is 0 Å². The SMILES string of the molecule is CCCNc1ncnc(N2CC3CCC(C2)O3)c1[N+](=O)[O-]. The molecule has 21 heavy (non-hydrogen) atoms. The standard InChI is InChI=1S/C13H19N5O3/c1-2-5-14-12-11(18(19)20)13(16-8-15-12)17-6-9-3-4-10(7-17)21-9/h8-10H,2-7H2,1H3,(H,14,15,16). The van der Waals surface area contributed by atoms with E-state index in [2.05, 4.69) is 15.3 Å². The molecule has 8 heteroatoms. The molecule has 2 bridgehead atoms. The van der Waals surface area contributed by atoms with Crippen LogP contribution in [-0.4, -0.2) is 46.7 Å². The van der Waals surface area contributed by atoms with Crippen LogP contribution in [0.3, 0.4) is 0 Å². The number of rotatable bonds is 5. The van der Waals surface area contributed by atoms with Gasteiger partial charge in [0, 0.05) is 19.6 Å². The highest BCUT2D eigenvalue weighted by atomic mass is 16.6. The smallest absolute Gasteiger partial charge is 0.353 e. The zero-order valence-electron chi connectivity index (χ0n) is 12.0. The second-order valence-corrected chi connectivity index (χ2v) is 5.44. The molecule has 0 aliphatic carbocycles. The van der Waals surface area contributed by atoms with Crippen LogP contribution in [0.5, 0.6) is 0 Å². The summed E-state index contributed by atoms with van der Waals surface area (Å²) in [5, 5.41) is 14.5. The van der Waals surface area contributed by atoms with Gasteiger partial charge in [-0.2, -0.15) is 0 Å².